The standard InChI is InChI=1S/C17H27BrS/c1-11-10-12(2)19-16(11)15(18)13-6-8-14(9-7-13)17(3,4)5/h10,13-15H,6-9H2,1-5H3. The second-order valence-electron chi connectivity index (χ2n) is 7.28. The van der Waals surface area contributed by atoms with Crippen molar-refractivity contribution in [3.8, 4) is 0 Å². The van der Waals surface area contributed by atoms with Gasteiger partial charge in [-0.15, -0.1) is 11.3 Å². The topological polar surface area (TPSA) is 0 Å². The van der Waals surface area contributed by atoms with Crippen molar-refractivity contribution in [1.82, 2.24) is 0 Å². The molecule has 1 unspecified atom stereocenters. The molecule has 1 fully saturated rings. The summed E-state index contributed by atoms with van der Waals surface area (Å²) in [6.07, 6.45) is 5.57. The summed E-state index contributed by atoms with van der Waals surface area (Å²) in [7, 11) is 0. The van der Waals surface area contributed by atoms with Crippen molar-refractivity contribution in [2.24, 2.45) is 17.3 Å². The van der Waals surface area contributed by atoms with E-state index >= 15 is 0 Å². The lowest BCUT2D eigenvalue weighted by atomic mass is 9.69. The molecule has 0 saturated heterocycles. The molecule has 0 amide bonds. The Balaban J connectivity index is 2.00. The maximum absolute atomic E-state index is 3.99. The van der Waals surface area contributed by atoms with Gasteiger partial charge >= 0.3 is 0 Å². The van der Waals surface area contributed by atoms with Gasteiger partial charge in [0.05, 0.1) is 4.83 Å². The molecule has 2 heteroatoms. The lowest BCUT2D eigenvalue weighted by molar-refractivity contribution is 0.150. The molecule has 0 N–H and O–H groups in total. The van der Waals surface area contributed by atoms with E-state index in [1.165, 1.54) is 36.1 Å². The van der Waals surface area contributed by atoms with E-state index in [2.05, 4.69) is 56.6 Å². The minimum atomic E-state index is 0.488. The molecule has 108 valence electrons. The molecular weight excluding hydrogens is 316 g/mol. The molecule has 0 spiro atoms. The number of rotatable bonds is 2. The summed E-state index contributed by atoms with van der Waals surface area (Å²) in [5.74, 6) is 1.74. The SMILES string of the molecule is Cc1cc(C)c(C(Br)C2CCC(C(C)(C)C)CC2)s1. The van der Waals surface area contributed by atoms with Crippen LogP contribution in [0.2, 0.25) is 0 Å². The third-order valence-corrected chi connectivity index (χ3v) is 7.48. The Bertz CT molecular complexity index is 419. The summed E-state index contributed by atoms with van der Waals surface area (Å²) in [6, 6.07) is 2.33. The highest BCUT2D eigenvalue weighted by molar-refractivity contribution is 9.09. The largest absolute Gasteiger partial charge is 0.144 e. The second kappa shape index (κ2) is 5.89. The predicted molar refractivity (Wildman–Crippen MR) is 90.4 cm³/mol. The van der Waals surface area contributed by atoms with E-state index in [0.29, 0.717) is 10.2 Å². The number of alkyl halides is 1. The summed E-state index contributed by atoms with van der Waals surface area (Å²) in [5.41, 5.74) is 1.96. The predicted octanol–water partition coefficient (Wildman–Crippen LogP) is 6.65. The first-order valence-electron chi connectivity index (χ1n) is 7.50. The first-order chi connectivity index (χ1) is 8.79. The fraction of sp³-hybridized carbons (Fsp3) is 0.765. The molecule has 0 aromatic carbocycles. The average Bonchev–Trinajstić information content (AvgIpc) is 2.66. The van der Waals surface area contributed by atoms with E-state index in [-0.39, 0.29) is 0 Å². The summed E-state index contributed by atoms with van der Waals surface area (Å²) >= 11 is 5.97. The molecule has 0 nitrogen and oxygen atoms in total. The summed E-state index contributed by atoms with van der Waals surface area (Å²) in [4.78, 5) is 3.59. The van der Waals surface area contributed by atoms with Crippen LogP contribution in [0.4, 0.5) is 0 Å². The van der Waals surface area contributed by atoms with Gasteiger partial charge in [-0.2, -0.15) is 0 Å². The zero-order chi connectivity index (χ0) is 14.2. The molecule has 0 aliphatic heterocycles. The number of aryl methyl sites for hydroxylation is 2. The van der Waals surface area contributed by atoms with Gasteiger partial charge in [0.2, 0.25) is 0 Å². The van der Waals surface area contributed by atoms with E-state index in [9.17, 15) is 0 Å². The van der Waals surface area contributed by atoms with Crippen molar-refractivity contribution in [3.63, 3.8) is 0 Å². The summed E-state index contributed by atoms with van der Waals surface area (Å²) in [6.45, 7) is 11.7. The fourth-order valence-corrected chi connectivity index (χ4v) is 5.70. The van der Waals surface area contributed by atoms with Gasteiger partial charge in [-0.05, 0) is 68.4 Å². The van der Waals surface area contributed by atoms with Crippen molar-refractivity contribution in [3.05, 3.63) is 21.4 Å². The number of halogens is 1. The lowest BCUT2D eigenvalue weighted by Crippen LogP contribution is -2.27. The van der Waals surface area contributed by atoms with Gasteiger partial charge in [0.1, 0.15) is 0 Å². The monoisotopic (exact) mass is 342 g/mol. The quantitative estimate of drug-likeness (QED) is 0.527. The second-order valence-corrected chi connectivity index (χ2v) is 9.56. The van der Waals surface area contributed by atoms with Crippen molar-refractivity contribution in [2.45, 2.75) is 65.1 Å². The van der Waals surface area contributed by atoms with Gasteiger partial charge in [-0.25, -0.2) is 0 Å². The van der Waals surface area contributed by atoms with E-state index in [1.54, 1.807) is 4.88 Å². The van der Waals surface area contributed by atoms with Crippen LogP contribution in [0.1, 0.15) is 66.6 Å². The first-order valence-corrected chi connectivity index (χ1v) is 9.23. The molecule has 1 aliphatic rings. The van der Waals surface area contributed by atoms with Gasteiger partial charge in [0, 0.05) is 9.75 Å². The maximum atomic E-state index is 3.99. The Hall–Kier alpha value is 0.180. The van der Waals surface area contributed by atoms with E-state index in [0.717, 1.165) is 11.8 Å². The number of thiophene rings is 1. The maximum Gasteiger partial charge on any atom is 0.0520 e. The van der Waals surface area contributed by atoms with Crippen LogP contribution in [0.5, 0.6) is 0 Å². The Labute approximate surface area is 131 Å². The van der Waals surface area contributed by atoms with Crippen LogP contribution >= 0.6 is 27.3 Å². The van der Waals surface area contributed by atoms with Crippen LogP contribution < -0.4 is 0 Å². The van der Waals surface area contributed by atoms with Crippen molar-refractivity contribution in [1.29, 1.82) is 0 Å². The third kappa shape index (κ3) is 3.64. The molecule has 1 saturated carbocycles. The summed E-state index contributed by atoms with van der Waals surface area (Å²) < 4.78 is 0. The van der Waals surface area contributed by atoms with E-state index in [1.807, 2.05) is 11.3 Å². The van der Waals surface area contributed by atoms with Crippen molar-refractivity contribution < 1.29 is 0 Å². The van der Waals surface area contributed by atoms with Crippen molar-refractivity contribution >= 4 is 27.3 Å². The minimum Gasteiger partial charge on any atom is -0.144 e. The van der Waals surface area contributed by atoms with Crippen LogP contribution in [0.15, 0.2) is 6.07 Å². The molecule has 1 aliphatic carbocycles. The molecule has 19 heavy (non-hydrogen) atoms. The molecule has 0 bridgehead atoms. The molecule has 1 atom stereocenters. The fourth-order valence-electron chi connectivity index (χ4n) is 3.43. The molecule has 2 rings (SSSR count). The van der Waals surface area contributed by atoms with Gasteiger partial charge in [0.25, 0.3) is 0 Å². The summed E-state index contributed by atoms with van der Waals surface area (Å²) in [5, 5.41) is 0. The molecule has 1 aromatic heterocycles. The number of hydrogen-bond donors (Lipinski definition) is 0. The highest BCUT2D eigenvalue weighted by Gasteiger charge is 2.33. The van der Waals surface area contributed by atoms with E-state index in [4.69, 9.17) is 0 Å². The molecule has 0 radical (unpaired) electrons. The smallest absolute Gasteiger partial charge is 0.0520 e. The number of hydrogen-bond acceptors (Lipinski definition) is 1. The Morgan fingerprint density at radius 1 is 1.16 bits per heavy atom. The first kappa shape index (κ1) is 15.6. The van der Waals surface area contributed by atoms with Gasteiger partial charge in [-0.3, -0.25) is 0 Å². The Morgan fingerprint density at radius 3 is 2.16 bits per heavy atom. The Morgan fingerprint density at radius 2 is 1.74 bits per heavy atom. The van der Waals surface area contributed by atoms with Crippen LogP contribution in [0.3, 0.4) is 0 Å². The Kier molecular flexibility index (Phi) is 4.83. The average molecular weight is 343 g/mol. The highest BCUT2D eigenvalue weighted by Crippen LogP contribution is 2.48. The van der Waals surface area contributed by atoms with Crippen LogP contribution in [0.25, 0.3) is 0 Å². The van der Waals surface area contributed by atoms with Crippen LogP contribution in [-0.4, -0.2) is 0 Å². The molecule has 1 aromatic rings. The van der Waals surface area contributed by atoms with E-state index < -0.39 is 0 Å². The minimum absolute atomic E-state index is 0.488. The zero-order valence-electron chi connectivity index (χ0n) is 12.9. The highest BCUT2D eigenvalue weighted by atomic mass is 79.9. The van der Waals surface area contributed by atoms with Gasteiger partial charge < -0.3 is 0 Å². The van der Waals surface area contributed by atoms with Gasteiger partial charge in [0.15, 0.2) is 0 Å². The lowest BCUT2D eigenvalue weighted by Gasteiger charge is -2.38. The van der Waals surface area contributed by atoms with Gasteiger partial charge in [-0.1, -0.05) is 36.7 Å². The van der Waals surface area contributed by atoms with Crippen LogP contribution in [0, 0.1) is 31.1 Å². The third-order valence-electron chi connectivity index (χ3n) is 4.74. The van der Waals surface area contributed by atoms with Crippen molar-refractivity contribution in [2.75, 3.05) is 0 Å². The normalized spacial score (nSPS) is 26.4. The zero-order valence-corrected chi connectivity index (χ0v) is 15.3. The molecular formula is C17H27BrS. The molecule has 1 heterocycles. The van der Waals surface area contributed by atoms with Crippen LogP contribution in [-0.2, 0) is 0 Å².